The highest BCUT2D eigenvalue weighted by Crippen LogP contribution is 2.18. The van der Waals surface area contributed by atoms with E-state index in [4.69, 9.17) is 5.73 Å². The van der Waals surface area contributed by atoms with Gasteiger partial charge in [0.05, 0.1) is 0 Å². The molecule has 0 radical (unpaired) electrons. The van der Waals surface area contributed by atoms with E-state index in [2.05, 4.69) is 39.5 Å². The molecule has 2 heteroatoms. The third kappa shape index (κ3) is 6.49. The normalized spacial score (nSPS) is 14.4. The van der Waals surface area contributed by atoms with E-state index in [0.29, 0.717) is 6.04 Å². The number of hydrogen-bond acceptors (Lipinski definition) is 2. The summed E-state index contributed by atoms with van der Waals surface area (Å²) in [7, 11) is 0. The van der Waals surface area contributed by atoms with Gasteiger partial charge < -0.3 is 10.6 Å². The molecule has 1 unspecified atom stereocenters. The highest BCUT2D eigenvalue weighted by Gasteiger charge is 2.22. The Morgan fingerprint density at radius 1 is 1.19 bits per heavy atom. The Morgan fingerprint density at radius 2 is 1.81 bits per heavy atom. The molecule has 0 saturated heterocycles. The van der Waals surface area contributed by atoms with E-state index in [0.717, 1.165) is 19.6 Å². The van der Waals surface area contributed by atoms with Gasteiger partial charge in [-0.25, -0.2) is 0 Å². The van der Waals surface area contributed by atoms with Crippen LogP contribution in [0.2, 0.25) is 0 Å². The van der Waals surface area contributed by atoms with Crippen LogP contribution in [-0.4, -0.2) is 30.6 Å². The van der Waals surface area contributed by atoms with Gasteiger partial charge in [-0.3, -0.25) is 0 Å². The van der Waals surface area contributed by atoms with Crippen LogP contribution in [0.5, 0.6) is 0 Å². The summed E-state index contributed by atoms with van der Waals surface area (Å²) in [6, 6.07) is 0.697. The summed E-state index contributed by atoms with van der Waals surface area (Å²) in [6.07, 6.45) is 5.36. The highest BCUT2D eigenvalue weighted by molar-refractivity contribution is 4.77. The van der Waals surface area contributed by atoms with Gasteiger partial charge in [0, 0.05) is 12.6 Å². The van der Waals surface area contributed by atoms with E-state index in [9.17, 15) is 0 Å². The summed E-state index contributed by atoms with van der Waals surface area (Å²) in [5, 5.41) is 0. The molecule has 0 aromatic rings. The maximum atomic E-state index is 5.80. The molecular formula is C14H32N2. The molecular weight excluding hydrogens is 196 g/mol. The van der Waals surface area contributed by atoms with Crippen molar-refractivity contribution in [1.82, 2.24) is 4.90 Å². The molecule has 0 amide bonds. The largest absolute Gasteiger partial charge is 0.330 e. The first-order valence-electron chi connectivity index (χ1n) is 6.91. The van der Waals surface area contributed by atoms with E-state index < -0.39 is 0 Å². The lowest BCUT2D eigenvalue weighted by molar-refractivity contribution is 0.140. The monoisotopic (exact) mass is 228 g/mol. The molecule has 0 aromatic heterocycles. The predicted molar refractivity (Wildman–Crippen MR) is 73.7 cm³/mol. The van der Waals surface area contributed by atoms with Crippen molar-refractivity contribution < 1.29 is 0 Å². The zero-order valence-electron chi connectivity index (χ0n) is 12.1. The first-order chi connectivity index (χ1) is 7.46. The Bertz CT molecular complexity index is 166. The molecule has 98 valence electrons. The van der Waals surface area contributed by atoms with E-state index in [1.165, 1.54) is 25.7 Å². The first-order valence-corrected chi connectivity index (χ1v) is 6.91. The molecule has 0 aromatic carbocycles. The number of rotatable bonds is 9. The van der Waals surface area contributed by atoms with Crippen molar-refractivity contribution in [3.05, 3.63) is 0 Å². The van der Waals surface area contributed by atoms with Crippen LogP contribution in [0.4, 0.5) is 0 Å². The Morgan fingerprint density at radius 3 is 2.25 bits per heavy atom. The molecule has 0 aliphatic heterocycles. The summed E-state index contributed by atoms with van der Waals surface area (Å²) in [4.78, 5) is 2.57. The Balaban J connectivity index is 4.05. The van der Waals surface area contributed by atoms with Crippen LogP contribution in [0, 0.1) is 5.41 Å². The molecule has 16 heavy (non-hydrogen) atoms. The quantitative estimate of drug-likeness (QED) is 0.614. The number of hydrogen-bond donors (Lipinski definition) is 1. The zero-order valence-corrected chi connectivity index (χ0v) is 12.1. The molecule has 0 aliphatic carbocycles. The second-order valence-electron chi connectivity index (χ2n) is 5.78. The SMILES string of the molecule is CCCCCC(C)N(CC)CC(C)(C)CN. The second kappa shape index (κ2) is 8.08. The maximum absolute atomic E-state index is 5.80. The van der Waals surface area contributed by atoms with Gasteiger partial charge in [-0.05, 0) is 31.8 Å². The third-order valence-corrected chi connectivity index (χ3v) is 3.44. The fourth-order valence-electron chi connectivity index (χ4n) is 2.07. The summed E-state index contributed by atoms with van der Waals surface area (Å²) >= 11 is 0. The highest BCUT2D eigenvalue weighted by atomic mass is 15.1. The average molecular weight is 228 g/mol. The van der Waals surface area contributed by atoms with Gasteiger partial charge in [0.2, 0.25) is 0 Å². The lowest BCUT2D eigenvalue weighted by Crippen LogP contribution is -2.43. The molecule has 2 N–H and O–H groups in total. The Labute approximate surface area is 103 Å². The van der Waals surface area contributed by atoms with E-state index in [1.807, 2.05) is 0 Å². The lowest BCUT2D eigenvalue weighted by Gasteiger charge is -2.35. The van der Waals surface area contributed by atoms with Gasteiger partial charge in [0.15, 0.2) is 0 Å². The fraction of sp³-hybridized carbons (Fsp3) is 1.00. The molecule has 0 fully saturated rings. The average Bonchev–Trinajstić information content (AvgIpc) is 2.26. The van der Waals surface area contributed by atoms with Crippen molar-refractivity contribution in [3.63, 3.8) is 0 Å². The van der Waals surface area contributed by atoms with Crippen LogP contribution in [0.25, 0.3) is 0 Å². The van der Waals surface area contributed by atoms with Gasteiger partial charge in [-0.15, -0.1) is 0 Å². The summed E-state index contributed by atoms with van der Waals surface area (Å²) in [5.41, 5.74) is 6.05. The topological polar surface area (TPSA) is 29.3 Å². The minimum absolute atomic E-state index is 0.245. The van der Waals surface area contributed by atoms with Crippen molar-refractivity contribution >= 4 is 0 Å². The maximum Gasteiger partial charge on any atom is 0.00670 e. The van der Waals surface area contributed by atoms with Crippen LogP contribution < -0.4 is 5.73 Å². The van der Waals surface area contributed by atoms with Crippen LogP contribution >= 0.6 is 0 Å². The molecule has 0 saturated carbocycles. The summed E-state index contributed by atoms with van der Waals surface area (Å²) < 4.78 is 0. The molecule has 0 spiro atoms. The fourth-order valence-corrected chi connectivity index (χ4v) is 2.07. The van der Waals surface area contributed by atoms with Crippen LogP contribution in [-0.2, 0) is 0 Å². The van der Waals surface area contributed by atoms with Crippen LogP contribution in [0.3, 0.4) is 0 Å². The van der Waals surface area contributed by atoms with Gasteiger partial charge in [-0.2, -0.15) is 0 Å². The molecule has 0 bridgehead atoms. The van der Waals surface area contributed by atoms with Gasteiger partial charge >= 0.3 is 0 Å². The molecule has 0 heterocycles. The predicted octanol–water partition coefficient (Wildman–Crippen LogP) is 3.26. The van der Waals surface area contributed by atoms with E-state index in [-0.39, 0.29) is 5.41 Å². The van der Waals surface area contributed by atoms with Gasteiger partial charge in [0.1, 0.15) is 0 Å². The Kier molecular flexibility index (Phi) is 8.04. The summed E-state index contributed by atoms with van der Waals surface area (Å²) in [6.45, 7) is 14.4. The number of nitrogens with zero attached hydrogens (tertiary/aromatic N) is 1. The lowest BCUT2D eigenvalue weighted by atomic mass is 9.92. The first kappa shape index (κ1) is 15.9. The summed E-state index contributed by atoms with van der Waals surface area (Å²) in [5.74, 6) is 0. The van der Waals surface area contributed by atoms with Crippen molar-refractivity contribution in [2.45, 2.75) is 66.3 Å². The zero-order chi connectivity index (χ0) is 12.6. The molecule has 1 atom stereocenters. The minimum Gasteiger partial charge on any atom is -0.330 e. The smallest absolute Gasteiger partial charge is 0.00670 e. The van der Waals surface area contributed by atoms with Crippen LogP contribution in [0.15, 0.2) is 0 Å². The minimum atomic E-state index is 0.245. The van der Waals surface area contributed by atoms with E-state index >= 15 is 0 Å². The van der Waals surface area contributed by atoms with Gasteiger partial charge in [0.25, 0.3) is 0 Å². The van der Waals surface area contributed by atoms with Crippen LogP contribution in [0.1, 0.15) is 60.3 Å². The number of unbranched alkanes of at least 4 members (excludes halogenated alkanes) is 2. The molecule has 0 aliphatic rings. The van der Waals surface area contributed by atoms with Crippen molar-refractivity contribution in [1.29, 1.82) is 0 Å². The van der Waals surface area contributed by atoms with E-state index in [1.54, 1.807) is 0 Å². The standard InChI is InChI=1S/C14H32N2/c1-6-8-9-10-13(3)16(7-2)12-14(4,5)11-15/h13H,6-12,15H2,1-5H3. The van der Waals surface area contributed by atoms with Gasteiger partial charge in [-0.1, -0.05) is 47.0 Å². The Hall–Kier alpha value is -0.0800. The molecule has 0 rings (SSSR count). The van der Waals surface area contributed by atoms with Crippen molar-refractivity contribution in [3.8, 4) is 0 Å². The third-order valence-electron chi connectivity index (χ3n) is 3.44. The van der Waals surface area contributed by atoms with Crippen molar-refractivity contribution in [2.75, 3.05) is 19.6 Å². The molecule has 2 nitrogen and oxygen atoms in total. The van der Waals surface area contributed by atoms with Crippen molar-refractivity contribution in [2.24, 2.45) is 11.1 Å². The number of nitrogens with two attached hydrogens (primary N) is 1. The second-order valence-corrected chi connectivity index (χ2v) is 5.78.